The van der Waals surface area contributed by atoms with Crippen molar-refractivity contribution in [3.63, 3.8) is 0 Å². The van der Waals surface area contributed by atoms with Crippen LogP contribution in [0.5, 0.6) is 11.5 Å². The Morgan fingerprint density at radius 2 is 1.94 bits per heavy atom. The molecule has 0 amide bonds. The predicted octanol–water partition coefficient (Wildman–Crippen LogP) is 2.46. The molecule has 2 rings (SSSR count). The third-order valence-corrected chi connectivity index (χ3v) is 3.24. The van der Waals surface area contributed by atoms with E-state index in [1.807, 2.05) is 24.3 Å². The fourth-order valence-corrected chi connectivity index (χ4v) is 2.23. The van der Waals surface area contributed by atoms with Crippen LogP contribution in [0, 0.1) is 5.92 Å². The zero-order valence-electron chi connectivity index (χ0n) is 10.6. The summed E-state index contributed by atoms with van der Waals surface area (Å²) in [7, 11) is 1.66. The Balaban J connectivity index is 1.67. The van der Waals surface area contributed by atoms with Crippen LogP contribution in [0.3, 0.4) is 0 Å². The summed E-state index contributed by atoms with van der Waals surface area (Å²) < 4.78 is 10.9. The number of methoxy groups -OCH3 is 1. The fraction of sp³-hybridized carbons (Fsp3) is 0.571. The molecule has 17 heavy (non-hydrogen) atoms. The topological polar surface area (TPSA) is 30.5 Å². The van der Waals surface area contributed by atoms with Gasteiger partial charge in [0.15, 0.2) is 11.5 Å². The smallest absolute Gasteiger partial charge is 0.161 e. The molecule has 3 heteroatoms. The van der Waals surface area contributed by atoms with Crippen LogP contribution < -0.4 is 14.8 Å². The Labute approximate surface area is 103 Å². The van der Waals surface area contributed by atoms with E-state index in [1.165, 1.54) is 12.8 Å². The fourth-order valence-electron chi connectivity index (χ4n) is 2.23. The number of hydrogen-bond donors (Lipinski definition) is 1. The minimum absolute atomic E-state index is 0.686. The van der Waals surface area contributed by atoms with E-state index in [0.29, 0.717) is 12.6 Å². The normalized spacial score (nSPS) is 22.9. The molecule has 0 radical (unpaired) electrons. The lowest BCUT2D eigenvalue weighted by Gasteiger charge is -2.33. The number of ether oxygens (including phenoxy) is 2. The van der Waals surface area contributed by atoms with E-state index >= 15 is 0 Å². The molecule has 0 atom stereocenters. The van der Waals surface area contributed by atoms with Gasteiger partial charge in [0.05, 0.1) is 7.11 Å². The zero-order valence-corrected chi connectivity index (χ0v) is 10.6. The highest BCUT2D eigenvalue weighted by Crippen LogP contribution is 2.27. The molecule has 0 aliphatic heterocycles. The molecule has 1 saturated carbocycles. The molecule has 1 aromatic carbocycles. The Hall–Kier alpha value is -1.22. The molecule has 94 valence electrons. The summed E-state index contributed by atoms with van der Waals surface area (Å²) in [6.45, 7) is 3.88. The first kappa shape index (κ1) is 12.2. The highest BCUT2D eigenvalue weighted by molar-refractivity contribution is 5.39. The lowest BCUT2D eigenvalue weighted by molar-refractivity contribution is 0.220. The van der Waals surface area contributed by atoms with E-state index in [4.69, 9.17) is 9.47 Å². The van der Waals surface area contributed by atoms with Crippen molar-refractivity contribution in [1.82, 2.24) is 5.32 Å². The van der Waals surface area contributed by atoms with Gasteiger partial charge in [-0.05, 0) is 30.9 Å². The summed E-state index contributed by atoms with van der Waals surface area (Å²) >= 11 is 0. The molecular weight excluding hydrogens is 214 g/mol. The second kappa shape index (κ2) is 5.92. The highest BCUT2D eigenvalue weighted by atomic mass is 16.5. The third-order valence-electron chi connectivity index (χ3n) is 3.24. The van der Waals surface area contributed by atoms with Crippen LogP contribution in [0.2, 0.25) is 0 Å². The molecule has 1 aliphatic carbocycles. The Morgan fingerprint density at radius 3 is 2.59 bits per heavy atom. The van der Waals surface area contributed by atoms with Crippen LogP contribution in [-0.4, -0.2) is 26.3 Å². The molecule has 0 unspecified atom stereocenters. The standard InChI is InChI=1S/C14H21NO2/c1-11-9-12(10-11)15-7-8-17-14-6-4-3-5-13(14)16-2/h3-6,11-12,15H,7-10H2,1-2H3. The van der Waals surface area contributed by atoms with Gasteiger partial charge in [0.25, 0.3) is 0 Å². The van der Waals surface area contributed by atoms with Gasteiger partial charge in [0.1, 0.15) is 6.61 Å². The second-order valence-corrected chi connectivity index (χ2v) is 4.73. The van der Waals surface area contributed by atoms with Crippen molar-refractivity contribution in [2.24, 2.45) is 5.92 Å². The van der Waals surface area contributed by atoms with Gasteiger partial charge in [-0.1, -0.05) is 19.1 Å². The number of para-hydroxylation sites is 2. The molecule has 0 spiro atoms. The number of rotatable bonds is 6. The Bertz CT molecular complexity index is 348. The van der Waals surface area contributed by atoms with Crippen molar-refractivity contribution in [3.8, 4) is 11.5 Å². The SMILES string of the molecule is COc1ccccc1OCCNC1CC(C)C1. The van der Waals surface area contributed by atoms with Gasteiger partial charge >= 0.3 is 0 Å². The van der Waals surface area contributed by atoms with E-state index in [1.54, 1.807) is 7.11 Å². The van der Waals surface area contributed by atoms with Crippen LogP contribution in [0.4, 0.5) is 0 Å². The molecule has 1 N–H and O–H groups in total. The monoisotopic (exact) mass is 235 g/mol. The van der Waals surface area contributed by atoms with Crippen LogP contribution in [0.25, 0.3) is 0 Å². The maximum atomic E-state index is 5.69. The Kier molecular flexibility index (Phi) is 4.26. The first-order valence-electron chi connectivity index (χ1n) is 6.29. The van der Waals surface area contributed by atoms with Gasteiger partial charge in [-0.3, -0.25) is 0 Å². The third kappa shape index (κ3) is 3.37. The summed E-state index contributed by atoms with van der Waals surface area (Å²) in [5, 5.41) is 3.49. The number of benzene rings is 1. The molecule has 1 aliphatic rings. The molecular formula is C14H21NO2. The van der Waals surface area contributed by atoms with E-state index in [2.05, 4.69) is 12.2 Å². The van der Waals surface area contributed by atoms with Crippen LogP contribution >= 0.6 is 0 Å². The quantitative estimate of drug-likeness (QED) is 0.768. The van der Waals surface area contributed by atoms with Crippen LogP contribution in [0.1, 0.15) is 19.8 Å². The molecule has 0 saturated heterocycles. The van der Waals surface area contributed by atoms with Crippen molar-refractivity contribution in [3.05, 3.63) is 24.3 Å². The van der Waals surface area contributed by atoms with Gasteiger partial charge < -0.3 is 14.8 Å². The largest absolute Gasteiger partial charge is 0.493 e. The summed E-state index contributed by atoms with van der Waals surface area (Å²) in [6.07, 6.45) is 2.60. The van der Waals surface area contributed by atoms with Crippen molar-refractivity contribution < 1.29 is 9.47 Å². The van der Waals surface area contributed by atoms with Gasteiger partial charge in [-0.25, -0.2) is 0 Å². The average Bonchev–Trinajstić information content (AvgIpc) is 2.32. The van der Waals surface area contributed by atoms with E-state index in [0.717, 1.165) is 24.0 Å². The van der Waals surface area contributed by atoms with Gasteiger partial charge in [-0.15, -0.1) is 0 Å². The van der Waals surface area contributed by atoms with Crippen molar-refractivity contribution in [2.75, 3.05) is 20.3 Å². The Morgan fingerprint density at radius 1 is 1.24 bits per heavy atom. The molecule has 0 aromatic heterocycles. The predicted molar refractivity (Wildman–Crippen MR) is 68.7 cm³/mol. The van der Waals surface area contributed by atoms with Gasteiger partial charge in [0.2, 0.25) is 0 Å². The summed E-state index contributed by atoms with van der Waals surface area (Å²) in [4.78, 5) is 0. The lowest BCUT2D eigenvalue weighted by atomic mass is 9.82. The average molecular weight is 235 g/mol. The summed E-state index contributed by atoms with van der Waals surface area (Å²) in [5.41, 5.74) is 0. The van der Waals surface area contributed by atoms with Crippen molar-refractivity contribution in [2.45, 2.75) is 25.8 Å². The second-order valence-electron chi connectivity index (χ2n) is 4.73. The van der Waals surface area contributed by atoms with Crippen molar-refractivity contribution >= 4 is 0 Å². The van der Waals surface area contributed by atoms with Gasteiger partial charge in [-0.2, -0.15) is 0 Å². The molecule has 0 bridgehead atoms. The zero-order chi connectivity index (χ0) is 12.1. The molecule has 1 fully saturated rings. The maximum absolute atomic E-state index is 5.69. The highest BCUT2D eigenvalue weighted by Gasteiger charge is 2.24. The number of hydrogen-bond acceptors (Lipinski definition) is 3. The molecule has 0 heterocycles. The molecule has 3 nitrogen and oxygen atoms in total. The summed E-state index contributed by atoms with van der Waals surface area (Å²) in [5.74, 6) is 2.51. The maximum Gasteiger partial charge on any atom is 0.161 e. The van der Waals surface area contributed by atoms with E-state index in [-0.39, 0.29) is 0 Å². The van der Waals surface area contributed by atoms with E-state index < -0.39 is 0 Å². The number of nitrogens with one attached hydrogen (secondary N) is 1. The minimum Gasteiger partial charge on any atom is -0.493 e. The first-order valence-corrected chi connectivity index (χ1v) is 6.29. The molecule has 1 aromatic rings. The lowest BCUT2D eigenvalue weighted by Crippen LogP contribution is -2.41. The van der Waals surface area contributed by atoms with Crippen molar-refractivity contribution in [1.29, 1.82) is 0 Å². The van der Waals surface area contributed by atoms with Crippen LogP contribution in [-0.2, 0) is 0 Å². The minimum atomic E-state index is 0.686. The summed E-state index contributed by atoms with van der Waals surface area (Å²) in [6, 6.07) is 8.45. The van der Waals surface area contributed by atoms with Crippen LogP contribution in [0.15, 0.2) is 24.3 Å². The first-order chi connectivity index (χ1) is 8.29. The van der Waals surface area contributed by atoms with E-state index in [9.17, 15) is 0 Å². The van der Waals surface area contributed by atoms with Gasteiger partial charge in [0, 0.05) is 12.6 Å².